The van der Waals surface area contributed by atoms with Crippen molar-refractivity contribution in [2.24, 2.45) is 0 Å². The fourth-order valence-electron chi connectivity index (χ4n) is 4.06. The van der Waals surface area contributed by atoms with Crippen LogP contribution in [0.15, 0.2) is 54.0 Å². The molecule has 0 atom stereocenters. The van der Waals surface area contributed by atoms with Crippen molar-refractivity contribution < 1.29 is 0 Å². The number of nitrogens with zero attached hydrogens (tertiary/aromatic N) is 3. The molecule has 25 heavy (non-hydrogen) atoms. The molecule has 3 nitrogen and oxygen atoms in total. The third-order valence-corrected chi connectivity index (χ3v) is 6.99. The minimum absolute atomic E-state index is 1.10. The van der Waals surface area contributed by atoms with Crippen LogP contribution < -0.4 is 0 Å². The Morgan fingerprint density at radius 3 is 2.00 bits per heavy atom. The van der Waals surface area contributed by atoms with E-state index in [9.17, 15) is 0 Å². The van der Waals surface area contributed by atoms with Crippen LogP contribution in [0.25, 0.3) is 53.8 Å². The van der Waals surface area contributed by atoms with Crippen molar-refractivity contribution in [2.75, 3.05) is 0 Å². The Bertz CT molecular complexity index is 1360. The molecule has 3 aromatic carbocycles. The second-order valence-corrected chi connectivity index (χ2v) is 8.14. The van der Waals surface area contributed by atoms with E-state index in [-0.39, 0.29) is 0 Å². The average Bonchev–Trinajstić information content (AvgIpc) is 3.31. The number of aromatic nitrogens is 3. The number of hydrogen-bond donors (Lipinski definition) is 0. The molecular formula is C19H9Al2N3S. The standard InChI is InChI=1S/C19H9N3S.2Al/c1-3-7-12-10(5-1)14-16(21-12)17-15(19-18(14)20-9-23-19)11-6-2-4-8-13(11)22-17;;/h1-9H;;/q-2;2*+1. The molecule has 6 aromatic rings. The van der Waals surface area contributed by atoms with Crippen molar-refractivity contribution in [1.82, 2.24) is 12.1 Å². The third-order valence-electron chi connectivity index (χ3n) is 5.08. The van der Waals surface area contributed by atoms with Crippen LogP contribution in [0.2, 0.25) is 0 Å². The number of benzene rings is 3. The van der Waals surface area contributed by atoms with E-state index >= 15 is 0 Å². The molecule has 3 aromatic heterocycles. The van der Waals surface area contributed by atoms with Gasteiger partial charge >= 0.3 is 33.0 Å². The van der Waals surface area contributed by atoms with Gasteiger partial charge in [0.15, 0.2) is 0 Å². The summed E-state index contributed by atoms with van der Waals surface area (Å²) in [5.74, 6) is 0. The van der Waals surface area contributed by atoms with Gasteiger partial charge in [0.05, 0.1) is 15.7 Å². The van der Waals surface area contributed by atoms with Gasteiger partial charge in [-0.25, -0.2) is 4.98 Å². The smallest absolute Gasteiger partial charge is 0.318 e. The summed E-state index contributed by atoms with van der Waals surface area (Å²) in [6.07, 6.45) is 0. The van der Waals surface area contributed by atoms with Gasteiger partial charge in [0, 0.05) is 43.6 Å². The number of rotatable bonds is 0. The van der Waals surface area contributed by atoms with Crippen LogP contribution in [-0.2, 0) is 0 Å². The first-order valence-corrected chi connectivity index (χ1v) is 9.90. The molecule has 0 aliphatic heterocycles. The largest absolute Gasteiger partial charge is 0.450 e. The molecule has 6 rings (SSSR count). The van der Waals surface area contributed by atoms with Gasteiger partial charge < -0.3 is 7.10 Å². The monoisotopic (exact) mass is 365 g/mol. The summed E-state index contributed by atoms with van der Waals surface area (Å²) in [6.45, 7) is 0. The van der Waals surface area contributed by atoms with Crippen molar-refractivity contribution in [3.05, 3.63) is 54.0 Å². The summed E-state index contributed by atoms with van der Waals surface area (Å²) in [7, 11) is 0. The predicted molar refractivity (Wildman–Crippen MR) is 108 cm³/mol. The molecule has 0 saturated heterocycles. The molecule has 112 valence electrons. The summed E-state index contributed by atoms with van der Waals surface area (Å²) >= 11 is 7.52. The third kappa shape index (κ3) is 1.65. The van der Waals surface area contributed by atoms with Crippen LogP contribution in [0.5, 0.6) is 0 Å². The second-order valence-electron chi connectivity index (χ2n) is 6.25. The first-order chi connectivity index (χ1) is 12.3. The maximum atomic E-state index is 4.76. The molecule has 0 spiro atoms. The van der Waals surface area contributed by atoms with Gasteiger partial charge in [-0.3, -0.25) is 0 Å². The topological polar surface area (TPSA) is 22.8 Å². The van der Waals surface area contributed by atoms with E-state index in [4.69, 9.17) is 4.98 Å². The Labute approximate surface area is 163 Å². The van der Waals surface area contributed by atoms with Crippen molar-refractivity contribution in [3.8, 4) is 0 Å². The number of fused-ring (bicyclic) bond motifs is 10. The molecule has 0 fully saturated rings. The summed E-state index contributed by atoms with van der Waals surface area (Å²) in [6, 6.07) is 17.1. The first kappa shape index (κ1) is 14.4. The lowest BCUT2D eigenvalue weighted by molar-refractivity contribution is 1.35. The molecule has 4 radical (unpaired) electrons. The van der Waals surface area contributed by atoms with Crippen LogP contribution >= 0.6 is 11.3 Å². The van der Waals surface area contributed by atoms with Crippen molar-refractivity contribution >= 4 is 98.2 Å². The highest BCUT2D eigenvalue weighted by Gasteiger charge is 2.20. The van der Waals surface area contributed by atoms with E-state index in [2.05, 4.69) is 88.7 Å². The normalized spacial score (nSPS) is 12.3. The molecule has 0 aliphatic carbocycles. The van der Waals surface area contributed by atoms with Gasteiger partial charge in [-0.05, 0) is 12.1 Å². The summed E-state index contributed by atoms with van der Waals surface area (Å²) in [4.78, 5) is 4.76. The highest BCUT2D eigenvalue weighted by atomic mass is 32.1. The molecule has 0 amide bonds. The van der Waals surface area contributed by atoms with Crippen molar-refractivity contribution in [2.45, 2.75) is 0 Å². The Hall–Kier alpha value is -1.79. The van der Waals surface area contributed by atoms with Gasteiger partial charge in [-0.1, -0.05) is 36.4 Å². The van der Waals surface area contributed by atoms with Crippen LogP contribution in [-0.4, -0.2) is 45.1 Å². The van der Waals surface area contributed by atoms with Crippen LogP contribution in [0, 0.1) is 0 Å². The van der Waals surface area contributed by atoms with Gasteiger partial charge in [-0.15, -0.1) is 11.3 Å². The minimum atomic E-state index is 1.10. The van der Waals surface area contributed by atoms with Crippen LogP contribution in [0.4, 0.5) is 0 Å². The number of hydrogen-bond acceptors (Lipinski definition) is 2. The lowest BCUT2D eigenvalue weighted by Gasteiger charge is -2.07. The van der Waals surface area contributed by atoms with Gasteiger partial charge in [0.2, 0.25) is 0 Å². The average molecular weight is 365 g/mol. The molecular weight excluding hydrogens is 356 g/mol. The fourth-order valence-corrected chi connectivity index (χ4v) is 5.87. The SMILES string of the molecule is [Al][n]1c2ccccc2c2c3ncsc3c3c4ccccc4[n]([Al])c3c21. The Balaban J connectivity index is 2.13. The van der Waals surface area contributed by atoms with E-state index in [1.165, 1.54) is 48.3 Å². The zero-order valence-electron chi connectivity index (χ0n) is 13.1. The van der Waals surface area contributed by atoms with Crippen molar-refractivity contribution in [3.63, 3.8) is 0 Å². The number of para-hydroxylation sites is 2. The zero-order valence-corrected chi connectivity index (χ0v) is 16.2. The Kier molecular flexibility index (Phi) is 2.82. The highest BCUT2D eigenvalue weighted by molar-refractivity contribution is 7.18. The lowest BCUT2D eigenvalue weighted by atomic mass is 10.1. The van der Waals surface area contributed by atoms with E-state index in [0.717, 1.165) is 5.52 Å². The van der Waals surface area contributed by atoms with E-state index in [1.54, 1.807) is 11.3 Å². The summed E-state index contributed by atoms with van der Waals surface area (Å²) in [5, 5.41) is 5.06. The molecule has 0 unspecified atom stereocenters. The fraction of sp³-hybridized carbons (Fsp3) is 0. The predicted octanol–water partition coefficient (Wildman–Crippen LogP) is 4.38. The Morgan fingerprint density at radius 2 is 1.32 bits per heavy atom. The summed E-state index contributed by atoms with van der Waals surface area (Å²) < 4.78 is 5.73. The quantitative estimate of drug-likeness (QED) is 0.367. The van der Waals surface area contributed by atoms with E-state index in [1.807, 2.05) is 5.51 Å². The molecule has 0 bridgehead atoms. The molecule has 0 saturated carbocycles. The first-order valence-electron chi connectivity index (χ1n) is 7.99. The maximum Gasteiger partial charge on any atom is 0.318 e. The van der Waals surface area contributed by atoms with Crippen LogP contribution in [0.3, 0.4) is 0 Å². The maximum absolute atomic E-state index is 4.76. The zero-order chi connectivity index (χ0) is 16.7. The van der Waals surface area contributed by atoms with E-state index < -0.39 is 0 Å². The lowest BCUT2D eigenvalue weighted by Crippen LogP contribution is -1.96. The minimum Gasteiger partial charge on any atom is -0.450 e. The van der Waals surface area contributed by atoms with Crippen molar-refractivity contribution in [1.29, 1.82) is 0 Å². The van der Waals surface area contributed by atoms with Crippen LogP contribution in [0.1, 0.15) is 0 Å². The number of thiazole rings is 1. The van der Waals surface area contributed by atoms with Gasteiger partial charge in [-0.2, -0.15) is 0 Å². The molecule has 6 heteroatoms. The van der Waals surface area contributed by atoms with E-state index in [0.29, 0.717) is 0 Å². The summed E-state index contributed by atoms with van der Waals surface area (Å²) in [5.41, 5.74) is 7.95. The second kappa shape index (κ2) is 4.89. The molecule has 0 N–H and O–H groups in total. The Morgan fingerprint density at radius 1 is 0.760 bits per heavy atom. The van der Waals surface area contributed by atoms with Gasteiger partial charge in [0.25, 0.3) is 0 Å². The van der Waals surface area contributed by atoms with Gasteiger partial charge in [0.1, 0.15) is 0 Å². The highest BCUT2D eigenvalue weighted by Crippen LogP contribution is 2.44. The molecule has 0 aliphatic rings. The molecule has 3 heterocycles.